The molecule has 2 aromatic rings. The van der Waals surface area contributed by atoms with E-state index in [1.807, 2.05) is 38.1 Å². The Kier molecular flexibility index (Phi) is 4.24. The van der Waals surface area contributed by atoms with Crippen molar-refractivity contribution in [2.45, 2.75) is 13.8 Å². The van der Waals surface area contributed by atoms with Crippen LogP contribution in [0.1, 0.15) is 22.2 Å². The summed E-state index contributed by atoms with van der Waals surface area (Å²) in [5.74, 6) is 0.155. The Hall–Kier alpha value is -2.08. The molecule has 1 aromatic heterocycles. The predicted molar refractivity (Wildman–Crippen MR) is 84.6 cm³/mol. The third-order valence-corrected chi connectivity index (χ3v) is 4.05. The molecule has 0 atom stereocenters. The lowest BCUT2D eigenvalue weighted by atomic mass is 10.2. The van der Waals surface area contributed by atoms with E-state index in [0.29, 0.717) is 16.6 Å². The number of carbonyl (C=O) groups is 1. The summed E-state index contributed by atoms with van der Waals surface area (Å²) in [7, 11) is 1.75. The fraction of sp³-hybridized carbons (Fsp3) is 0.286. The van der Waals surface area contributed by atoms with Gasteiger partial charge >= 0.3 is 0 Å². The monoisotopic (exact) mass is 290 g/mol. The first kappa shape index (κ1) is 14.3. The Labute approximate surface area is 122 Å². The SMILES string of the molecule is CCN(C(=O)c1sc(NC)nc1N)c1ccc(C)cc1. The number of rotatable bonds is 4. The van der Waals surface area contributed by atoms with E-state index in [4.69, 9.17) is 5.73 Å². The number of hydrogen-bond donors (Lipinski definition) is 2. The number of nitrogen functional groups attached to an aromatic ring is 1. The van der Waals surface area contributed by atoms with Gasteiger partial charge in [0.25, 0.3) is 5.91 Å². The summed E-state index contributed by atoms with van der Waals surface area (Å²) in [6, 6.07) is 7.85. The highest BCUT2D eigenvalue weighted by atomic mass is 32.1. The highest BCUT2D eigenvalue weighted by Crippen LogP contribution is 2.28. The smallest absolute Gasteiger partial charge is 0.272 e. The van der Waals surface area contributed by atoms with Crippen molar-refractivity contribution >= 4 is 33.9 Å². The summed E-state index contributed by atoms with van der Waals surface area (Å²) in [5, 5.41) is 3.55. The number of nitrogens with two attached hydrogens (primary N) is 1. The minimum absolute atomic E-state index is 0.118. The summed E-state index contributed by atoms with van der Waals surface area (Å²) in [6.45, 7) is 4.53. The van der Waals surface area contributed by atoms with Gasteiger partial charge in [-0.25, -0.2) is 4.98 Å². The summed E-state index contributed by atoms with van der Waals surface area (Å²) in [5.41, 5.74) is 7.85. The zero-order valence-corrected chi connectivity index (χ0v) is 12.6. The molecule has 0 aliphatic rings. The maximum absolute atomic E-state index is 12.6. The molecule has 3 N–H and O–H groups in total. The van der Waals surface area contributed by atoms with Gasteiger partial charge < -0.3 is 16.0 Å². The number of aromatic nitrogens is 1. The summed E-state index contributed by atoms with van der Waals surface area (Å²) in [4.78, 5) is 18.9. The first-order valence-electron chi connectivity index (χ1n) is 6.39. The van der Waals surface area contributed by atoms with Crippen LogP contribution in [0.4, 0.5) is 16.6 Å². The zero-order valence-electron chi connectivity index (χ0n) is 11.8. The lowest BCUT2D eigenvalue weighted by Crippen LogP contribution is -2.30. The van der Waals surface area contributed by atoms with Crippen LogP contribution in [0, 0.1) is 6.92 Å². The largest absolute Gasteiger partial charge is 0.382 e. The van der Waals surface area contributed by atoms with Crippen molar-refractivity contribution in [3.05, 3.63) is 34.7 Å². The molecule has 20 heavy (non-hydrogen) atoms. The standard InChI is InChI=1S/C14H18N4OS/c1-4-18(10-7-5-9(2)6-8-10)13(19)11-12(15)17-14(16-3)20-11/h5-8H,4,15H2,1-3H3,(H,16,17). The lowest BCUT2D eigenvalue weighted by molar-refractivity contribution is 0.0993. The Bertz CT molecular complexity index is 606. The minimum atomic E-state index is -0.118. The fourth-order valence-electron chi connectivity index (χ4n) is 1.88. The van der Waals surface area contributed by atoms with Crippen LogP contribution in [0.15, 0.2) is 24.3 Å². The Morgan fingerprint density at radius 3 is 2.55 bits per heavy atom. The lowest BCUT2D eigenvalue weighted by Gasteiger charge is -2.20. The Balaban J connectivity index is 2.33. The molecule has 0 radical (unpaired) electrons. The van der Waals surface area contributed by atoms with Crippen molar-refractivity contribution in [3.63, 3.8) is 0 Å². The number of aryl methyl sites for hydroxylation is 1. The second-order valence-electron chi connectivity index (χ2n) is 4.37. The van der Waals surface area contributed by atoms with Crippen LogP contribution >= 0.6 is 11.3 Å². The number of anilines is 3. The van der Waals surface area contributed by atoms with E-state index in [9.17, 15) is 4.79 Å². The number of benzene rings is 1. The van der Waals surface area contributed by atoms with Crippen molar-refractivity contribution < 1.29 is 4.79 Å². The summed E-state index contributed by atoms with van der Waals surface area (Å²) in [6.07, 6.45) is 0. The number of carbonyl (C=O) groups excluding carboxylic acids is 1. The average Bonchev–Trinajstić information content (AvgIpc) is 2.83. The molecule has 0 spiro atoms. The van der Waals surface area contributed by atoms with Crippen molar-refractivity contribution in [2.75, 3.05) is 29.5 Å². The van der Waals surface area contributed by atoms with Gasteiger partial charge in [0.05, 0.1) is 0 Å². The predicted octanol–water partition coefficient (Wildman–Crippen LogP) is 2.74. The Morgan fingerprint density at radius 2 is 2.05 bits per heavy atom. The summed E-state index contributed by atoms with van der Waals surface area (Å²) >= 11 is 1.27. The van der Waals surface area contributed by atoms with E-state index < -0.39 is 0 Å². The minimum Gasteiger partial charge on any atom is -0.382 e. The van der Waals surface area contributed by atoms with Crippen LogP contribution in [0.3, 0.4) is 0 Å². The third-order valence-electron chi connectivity index (χ3n) is 2.97. The topological polar surface area (TPSA) is 71.2 Å². The van der Waals surface area contributed by atoms with E-state index in [-0.39, 0.29) is 11.7 Å². The molecular weight excluding hydrogens is 272 g/mol. The van der Waals surface area contributed by atoms with Crippen molar-refractivity contribution in [1.82, 2.24) is 4.98 Å². The van der Waals surface area contributed by atoms with E-state index in [2.05, 4.69) is 10.3 Å². The molecule has 0 saturated carbocycles. The van der Waals surface area contributed by atoms with Gasteiger partial charge in [0.15, 0.2) is 5.13 Å². The fourth-order valence-corrected chi connectivity index (χ4v) is 2.67. The second-order valence-corrected chi connectivity index (χ2v) is 5.37. The molecule has 1 aromatic carbocycles. The van der Waals surface area contributed by atoms with E-state index >= 15 is 0 Å². The molecule has 1 heterocycles. The van der Waals surface area contributed by atoms with Gasteiger partial charge in [-0.1, -0.05) is 29.0 Å². The van der Waals surface area contributed by atoms with Gasteiger partial charge in [0.2, 0.25) is 0 Å². The van der Waals surface area contributed by atoms with Crippen molar-refractivity contribution in [1.29, 1.82) is 0 Å². The molecular formula is C14H18N4OS. The maximum atomic E-state index is 12.6. The Morgan fingerprint density at radius 1 is 1.40 bits per heavy atom. The molecule has 1 amide bonds. The third kappa shape index (κ3) is 2.75. The zero-order chi connectivity index (χ0) is 14.7. The first-order chi connectivity index (χ1) is 9.56. The molecule has 5 nitrogen and oxygen atoms in total. The molecule has 2 rings (SSSR count). The quantitative estimate of drug-likeness (QED) is 0.908. The van der Waals surface area contributed by atoms with Gasteiger partial charge in [0, 0.05) is 19.3 Å². The van der Waals surface area contributed by atoms with Gasteiger partial charge in [-0.3, -0.25) is 4.79 Å². The highest BCUT2D eigenvalue weighted by Gasteiger charge is 2.22. The highest BCUT2D eigenvalue weighted by molar-refractivity contribution is 7.18. The molecule has 0 aliphatic carbocycles. The number of amides is 1. The molecule has 6 heteroatoms. The number of nitrogens with zero attached hydrogens (tertiary/aromatic N) is 2. The molecule has 0 bridgehead atoms. The second kappa shape index (κ2) is 5.92. The van der Waals surface area contributed by atoms with Crippen LogP contribution in [-0.2, 0) is 0 Å². The van der Waals surface area contributed by atoms with Crippen LogP contribution in [0.5, 0.6) is 0 Å². The number of hydrogen-bond acceptors (Lipinski definition) is 5. The summed E-state index contributed by atoms with van der Waals surface area (Å²) < 4.78 is 0. The van der Waals surface area contributed by atoms with Gasteiger partial charge in [-0.2, -0.15) is 0 Å². The van der Waals surface area contributed by atoms with Crippen LogP contribution in [-0.4, -0.2) is 24.5 Å². The normalized spacial score (nSPS) is 10.3. The average molecular weight is 290 g/mol. The van der Waals surface area contributed by atoms with Crippen LogP contribution in [0.25, 0.3) is 0 Å². The van der Waals surface area contributed by atoms with E-state index in [1.165, 1.54) is 11.3 Å². The first-order valence-corrected chi connectivity index (χ1v) is 7.21. The van der Waals surface area contributed by atoms with Crippen LogP contribution < -0.4 is 16.0 Å². The molecule has 0 fully saturated rings. The van der Waals surface area contributed by atoms with Crippen molar-refractivity contribution in [3.8, 4) is 0 Å². The number of thiazole rings is 1. The van der Waals surface area contributed by atoms with Gasteiger partial charge in [0.1, 0.15) is 10.7 Å². The van der Waals surface area contributed by atoms with E-state index in [1.54, 1.807) is 11.9 Å². The maximum Gasteiger partial charge on any atom is 0.272 e. The molecule has 0 aliphatic heterocycles. The van der Waals surface area contributed by atoms with Crippen molar-refractivity contribution in [2.24, 2.45) is 0 Å². The van der Waals surface area contributed by atoms with Gasteiger partial charge in [-0.05, 0) is 26.0 Å². The number of nitrogens with one attached hydrogen (secondary N) is 1. The van der Waals surface area contributed by atoms with Crippen LogP contribution in [0.2, 0.25) is 0 Å². The van der Waals surface area contributed by atoms with Gasteiger partial charge in [-0.15, -0.1) is 0 Å². The molecule has 106 valence electrons. The van der Waals surface area contributed by atoms with E-state index in [0.717, 1.165) is 11.3 Å². The molecule has 0 unspecified atom stereocenters. The molecule has 0 saturated heterocycles.